The summed E-state index contributed by atoms with van der Waals surface area (Å²) in [5.41, 5.74) is 0.654. The molecule has 0 radical (unpaired) electrons. The maximum atomic E-state index is 12.2. The number of nitrogens with one attached hydrogen (secondary N) is 1. The van der Waals surface area contributed by atoms with E-state index in [9.17, 15) is 18.0 Å². The molecule has 2 rings (SSSR count). The van der Waals surface area contributed by atoms with E-state index in [1.807, 2.05) is 0 Å². The highest BCUT2D eigenvalue weighted by molar-refractivity contribution is 7.90. The molecule has 0 fully saturated rings. The molecule has 2 amide bonds. The molecule has 23 heavy (non-hydrogen) atoms. The molecule has 0 saturated heterocycles. The Hall–Kier alpha value is -2.46. The van der Waals surface area contributed by atoms with Gasteiger partial charge in [0.2, 0.25) is 5.60 Å². The zero-order valence-corrected chi connectivity index (χ0v) is 13.4. The Bertz CT molecular complexity index is 786. The van der Waals surface area contributed by atoms with Crippen molar-refractivity contribution in [2.45, 2.75) is 17.4 Å². The number of likely N-dealkylation sites (N-methyl/N-ethyl adjacent to an activating group) is 1. The van der Waals surface area contributed by atoms with Gasteiger partial charge in [-0.3, -0.25) is 4.79 Å². The van der Waals surface area contributed by atoms with E-state index in [2.05, 4.69) is 5.10 Å². The van der Waals surface area contributed by atoms with Crippen LogP contribution in [0, 0.1) is 0 Å². The van der Waals surface area contributed by atoms with Crippen molar-refractivity contribution < 1.29 is 28.0 Å². The fraction of sp³-hybridized carbons (Fsp3) is 0.308. The second kappa shape index (κ2) is 5.63. The van der Waals surface area contributed by atoms with Crippen molar-refractivity contribution in [2.75, 3.05) is 13.3 Å². The van der Waals surface area contributed by atoms with Crippen molar-refractivity contribution in [3.05, 3.63) is 29.8 Å². The molecule has 1 heterocycles. The maximum Gasteiger partial charge on any atom is 0.428 e. The highest BCUT2D eigenvalue weighted by atomic mass is 32.2. The molecule has 0 aliphatic carbocycles. The average molecular weight is 341 g/mol. The van der Waals surface area contributed by atoms with Gasteiger partial charge in [0.05, 0.1) is 4.90 Å². The van der Waals surface area contributed by atoms with Crippen LogP contribution in [0.15, 0.2) is 34.3 Å². The smallest absolute Gasteiger partial charge is 0.428 e. The van der Waals surface area contributed by atoms with E-state index in [1.165, 1.54) is 38.2 Å². The van der Waals surface area contributed by atoms with Crippen molar-refractivity contribution in [1.82, 2.24) is 10.5 Å². The third-order valence-corrected chi connectivity index (χ3v) is 4.43. The summed E-state index contributed by atoms with van der Waals surface area (Å²) in [7, 11) is -1.95. The predicted octanol–water partition coefficient (Wildman–Crippen LogP) is 0.224. The minimum atomic E-state index is -3.35. The van der Waals surface area contributed by atoms with Crippen molar-refractivity contribution >= 4 is 27.5 Å². The second-order valence-electron chi connectivity index (χ2n) is 5.12. The van der Waals surface area contributed by atoms with E-state index >= 15 is 0 Å². The predicted molar refractivity (Wildman–Crippen MR) is 79.5 cm³/mol. The van der Waals surface area contributed by atoms with E-state index in [4.69, 9.17) is 9.94 Å². The zero-order chi connectivity index (χ0) is 17.4. The lowest BCUT2D eigenvalue weighted by Crippen LogP contribution is -2.50. The van der Waals surface area contributed by atoms with Crippen LogP contribution in [-0.4, -0.2) is 55.1 Å². The van der Waals surface area contributed by atoms with Crippen LogP contribution in [0.5, 0.6) is 0 Å². The zero-order valence-electron chi connectivity index (χ0n) is 12.6. The summed E-state index contributed by atoms with van der Waals surface area (Å²) in [5, 5.41) is 13.7. The van der Waals surface area contributed by atoms with Crippen molar-refractivity contribution in [1.29, 1.82) is 0 Å². The number of hydrogen-bond acceptors (Lipinski definition) is 6. The van der Waals surface area contributed by atoms with Crippen LogP contribution in [0.25, 0.3) is 0 Å². The van der Waals surface area contributed by atoms with Crippen LogP contribution in [-0.2, 0) is 19.5 Å². The van der Waals surface area contributed by atoms with Gasteiger partial charge < -0.3 is 5.11 Å². The first-order valence-electron chi connectivity index (χ1n) is 6.40. The first kappa shape index (κ1) is 16.9. The topological polar surface area (TPSA) is 125 Å². The van der Waals surface area contributed by atoms with Gasteiger partial charge in [-0.2, -0.15) is 10.6 Å². The van der Waals surface area contributed by atoms with Gasteiger partial charge in [0.15, 0.2) is 9.84 Å². The molecule has 0 bridgehead atoms. The monoisotopic (exact) mass is 341 g/mol. The fourth-order valence-electron chi connectivity index (χ4n) is 2.13. The lowest BCUT2D eigenvalue weighted by atomic mass is 9.94. The van der Waals surface area contributed by atoms with Gasteiger partial charge in [0.25, 0.3) is 5.91 Å². The molecule has 1 aliphatic rings. The Kier molecular flexibility index (Phi) is 4.14. The number of carboxylic acid groups (broad SMARTS) is 1. The van der Waals surface area contributed by atoms with E-state index < -0.39 is 27.4 Å². The number of carbonyl (C=O) groups excluding carboxylic acids is 1. The van der Waals surface area contributed by atoms with E-state index in [0.717, 1.165) is 11.3 Å². The number of benzene rings is 1. The summed E-state index contributed by atoms with van der Waals surface area (Å²) in [4.78, 5) is 27.9. The standard InChI is InChI=1S/C13H15N3O6S/c1-13(22-15-12(18)19)10(14-16(2)11(13)17)8-4-6-9(7-5-8)23(3,20)21/h4-7,15H,1-3H3,(H,18,19). The number of hydrazone groups is 1. The quantitative estimate of drug-likeness (QED) is 0.755. The van der Waals surface area contributed by atoms with E-state index in [-0.39, 0.29) is 10.6 Å². The molecule has 1 aliphatic heterocycles. The van der Waals surface area contributed by atoms with Gasteiger partial charge in [-0.05, 0) is 19.1 Å². The third-order valence-electron chi connectivity index (χ3n) is 3.30. The van der Waals surface area contributed by atoms with Gasteiger partial charge in [0, 0.05) is 18.9 Å². The molecular weight excluding hydrogens is 326 g/mol. The van der Waals surface area contributed by atoms with Gasteiger partial charge in [0.1, 0.15) is 5.71 Å². The molecule has 9 nitrogen and oxygen atoms in total. The maximum absolute atomic E-state index is 12.2. The van der Waals surface area contributed by atoms with E-state index in [0.29, 0.717) is 5.56 Å². The molecule has 1 aromatic carbocycles. The molecular formula is C13H15N3O6S. The Balaban J connectivity index is 2.41. The molecule has 1 aromatic rings. The lowest BCUT2D eigenvalue weighted by Gasteiger charge is -2.23. The third kappa shape index (κ3) is 3.17. The van der Waals surface area contributed by atoms with Crippen LogP contribution < -0.4 is 5.48 Å². The minimum Gasteiger partial charge on any atom is -0.464 e. The molecule has 2 N–H and O–H groups in total. The van der Waals surface area contributed by atoms with Gasteiger partial charge in [-0.25, -0.2) is 23.1 Å². The number of sulfone groups is 1. The molecule has 10 heteroatoms. The van der Waals surface area contributed by atoms with Crippen LogP contribution >= 0.6 is 0 Å². The summed E-state index contributed by atoms with van der Waals surface area (Å²) in [5.74, 6) is -0.562. The molecule has 0 saturated carbocycles. The van der Waals surface area contributed by atoms with Gasteiger partial charge in [-0.15, -0.1) is 0 Å². The van der Waals surface area contributed by atoms with Crippen molar-refractivity contribution in [2.24, 2.45) is 5.10 Å². The average Bonchev–Trinajstić information content (AvgIpc) is 2.69. The van der Waals surface area contributed by atoms with E-state index in [1.54, 1.807) is 5.48 Å². The van der Waals surface area contributed by atoms with Crippen LogP contribution in [0.4, 0.5) is 4.79 Å². The summed E-state index contributed by atoms with van der Waals surface area (Å²) in [6, 6.07) is 5.70. The first-order chi connectivity index (χ1) is 10.6. The molecule has 1 atom stereocenters. The Labute approximate surface area is 132 Å². The SMILES string of the molecule is CN1N=C(c2ccc(S(C)(=O)=O)cc2)C(C)(ONC(=O)O)C1=O. The largest absolute Gasteiger partial charge is 0.464 e. The summed E-state index contributed by atoms with van der Waals surface area (Å²) in [6.45, 7) is 1.37. The molecule has 1 unspecified atom stereocenters. The Morgan fingerprint density at radius 2 is 1.91 bits per heavy atom. The van der Waals surface area contributed by atoms with Gasteiger partial charge in [-0.1, -0.05) is 12.1 Å². The number of hydroxylamine groups is 1. The number of hydrogen-bond donors (Lipinski definition) is 2. The molecule has 0 spiro atoms. The molecule has 0 aromatic heterocycles. The Morgan fingerprint density at radius 3 is 2.39 bits per heavy atom. The summed E-state index contributed by atoms with van der Waals surface area (Å²) >= 11 is 0. The van der Waals surface area contributed by atoms with Crippen LogP contribution in [0.1, 0.15) is 12.5 Å². The van der Waals surface area contributed by atoms with Crippen LogP contribution in [0.2, 0.25) is 0 Å². The fourth-order valence-corrected chi connectivity index (χ4v) is 2.76. The summed E-state index contributed by atoms with van der Waals surface area (Å²) < 4.78 is 23.0. The highest BCUT2D eigenvalue weighted by Crippen LogP contribution is 2.27. The van der Waals surface area contributed by atoms with Crippen molar-refractivity contribution in [3.8, 4) is 0 Å². The highest BCUT2D eigenvalue weighted by Gasteiger charge is 2.49. The van der Waals surface area contributed by atoms with Gasteiger partial charge >= 0.3 is 6.09 Å². The first-order valence-corrected chi connectivity index (χ1v) is 8.29. The molecule has 124 valence electrons. The van der Waals surface area contributed by atoms with Crippen LogP contribution in [0.3, 0.4) is 0 Å². The lowest BCUT2D eigenvalue weighted by molar-refractivity contribution is -0.148. The number of nitrogens with zero attached hydrogens (tertiary/aromatic N) is 2. The number of rotatable bonds is 4. The summed E-state index contributed by atoms with van der Waals surface area (Å²) in [6.07, 6.45) is -0.378. The minimum absolute atomic E-state index is 0.116. The number of amides is 2. The second-order valence-corrected chi connectivity index (χ2v) is 7.13. The Morgan fingerprint density at radius 1 is 1.35 bits per heavy atom. The normalized spacial score (nSPS) is 21.3. The number of carbonyl (C=O) groups is 2. The van der Waals surface area contributed by atoms with Crippen molar-refractivity contribution in [3.63, 3.8) is 0 Å².